The van der Waals surface area contributed by atoms with E-state index in [1.807, 2.05) is 20.8 Å². The molecule has 10 nitrogen and oxygen atoms in total. The lowest BCUT2D eigenvalue weighted by Gasteiger charge is -2.46. The number of aliphatic hydroxyl groups excluding tert-OH is 2. The first-order valence-electron chi connectivity index (χ1n) is 10.2. The second kappa shape index (κ2) is 4.69. The number of ether oxygens (including phenoxy) is 4. The Morgan fingerprint density at radius 3 is 2.33 bits per heavy atom. The van der Waals surface area contributed by atoms with Crippen LogP contribution < -0.4 is 0 Å². The Morgan fingerprint density at radius 2 is 1.70 bits per heavy atom. The summed E-state index contributed by atoms with van der Waals surface area (Å²) < 4.78 is 22.6. The maximum Gasteiger partial charge on any atom is 0.342 e. The first kappa shape index (κ1) is 19.0. The Morgan fingerprint density at radius 1 is 1.03 bits per heavy atom. The van der Waals surface area contributed by atoms with Gasteiger partial charge in [-0.2, -0.15) is 0 Å². The molecule has 2 aliphatic carbocycles. The molecule has 0 bridgehead atoms. The zero-order valence-corrected chi connectivity index (χ0v) is 16.9. The van der Waals surface area contributed by atoms with Gasteiger partial charge in [0.25, 0.3) is 0 Å². The van der Waals surface area contributed by atoms with Gasteiger partial charge in [-0.1, -0.05) is 20.8 Å². The highest BCUT2D eigenvalue weighted by atomic mass is 16.8. The number of hydrogen-bond acceptors (Lipinski definition) is 10. The molecule has 6 fully saturated rings. The van der Waals surface area contributed by atoms with Crippen molar-refractivity contribution in [2.24, 2.45) is 28.1 Å². The smallest absolute Gasteiger partial charge is 0.342 e. The minimum absolute atomic E-state index is 0.107. The highest BCUT2D eigenvalue weighted by Crippen LogP contribution is 2.84. The zero-order chi connectivity index (χ0) is 21.8. The molecular weight excluding hydrogens is 400 g/mol. The Kier molecular flexibility index (Phi) is 2.97. The summed E-state index contributed by atoms with van der Waals surface area (Å²) in [6.07, 6.45) is -6.73. The van der Waals surface area contributed by atoms with Crippen molar-refractivity contribution in [3.63, 3.8) is 0 Å². The summed E-state index contributed by atoms with van der Waals surface area (Å²) in [5, 5.41) is 34.4. The minimum atomic E-state index is -2.12. The van der Waals surface area contributed by atoms with Gasteiger partial charge in [0.2, 0.25) is 11.9 Å². The van der Waals surface area contributed by atoms with Gasteiger partial charge in [0.1, 0.15) is 12.2 Å². The summed E-state index contributed by atoms with van der Waals surface area (Å²) in [5.74, 6) is -4.43. The number of aliphatic hydroxyl groups is 3. The number of esters is 3. The molecule has 11 atom stereocenters. The van der Waals surface area contributed by atoms with Gasteiger partial charge in [-0.3, -0.25) is 4.79 Å². The van der Waals surface area contributed by atoms with E-state index in [1.165, 1.54) is 6.92 Å². The SMILES string of the molecule is C[C@H]1C(=O)O[C@H]2C[C@@]34[C@@H]5OC(=O)[C@]3(O[C@H]3OC(=O)[C@H](O)[C@@]34[C@H](C(C)(C)C)[C@H]5O)[C@]21O. The molecule has 6 rings (SSSR count). The molecule has 3 N–H and O–H groups in total. The van der Waals surface area contributed by atoms with Gasteiger partial charge < -0.3 is 34.3 Å². The van der Waals surface area contributed by atoms with Crippen LogP contribution in [0.5, 0.6) is 0 Å². The van der Waals surface area contributed by atoms with Gasteiger partial charge in [0.05, 0.1) is 22.9 Å². The Labute approximate surface area is 171 Å². The quantitative estimate of drug-likeness (QED) is 0.314. The molecule has 0 aromatic heterocycles. The van der Waals surface area contributed by atoms with E-state index in [1.54, 1.807) is 0 Å². The van der Waals surface area contributed by atoms with Crippen LogP contribution in [-0.2, 0) is 33.3 Å². The fraction of sp³-hybridized carbons (Fsp3) is 0.850. The average molecular weight is 424 g/mol. The number of carbonyl (C=O) groups excluding carboxylic acids is 3. The van der Waals surface area contributed by atoms with Gasteiger partial charge in [-0.05, 0) is 12.3 Å². The largest absolute Gasteiger partial charge is 0.459 e. The zero-order valence-electron chi connectivity index (χ0n) is 16.9. The normalized spacial score (nSPS) is 60.1. The van der Waals surface area contributed by atoms with Crippen LogP contribution in [0.15, 0.2) is 0 Å². The van der Waals surface area contributed by atoms with Gasteiger partial charge in [0, 0.05) is 12.3 Å². The summed E-state index contributed by atoms with van der Waals surface area (Å²) in [5.41, 5.74) is -7.95. The third-order valence-corrected chi connectivity index (χ3v) is 8.91. The highest BCUT2D eigenvalue weighted by Gasteiger charge is 3.02. The molecule has 2 spiro atoms. The lowest BCUT2D eigenvalue weighted by molar-refractivity contribution is -0.239. The summed E-state index contributed by atoms with van der Waals surface area (Å²) in [6.45, 7) is 6.97. The minimum Gasteiger partial charge on any atom is -0.459 e. The van der Waals surface area contributed by atoms with Crippen molar-refractivity contribution in [2.75, 3.05) is 0 Å². The van der Waals surface area contributed by atoms with E-state index >= 15 is 0 Å². The van der Waals surface area contributed by atoms with Crippen molar-refractivity contribution >= 4 is 17.9 Å². The first-order valence-corrected chi connectivity index (χ1v) is 10.2. The lowest BCUT2D eigenvalue weighted by Crippen LogP contribution is -2.66. The van der Waals surface area contributed by atoms with Gasteiger partial charge in [-0.25, -0.2) is 9.59 Å². The van der Waals surface area contributed by atoms with Crippen molar-refractivity contribution in [3.05, 3.63) is 0 Å². The van der Waals surface area contributed by atoms with Crippen LogP contribution in [0.1, 0.15) is 34.1 Å². The van der Waals surface area contributed by atoms with Crippen LogP contribution >= 0.6 is 0 Å². The first-order chi connectivity index (χ1) is 13.8. The maximum absolute atomic E-state index is 13.4. The Balaban J connectivity index is 1.71. The molecule has 10 heteroatoms. The van der Waals surface area contributed by atoms with E-state index in [0.717, 1.165) is 0 Å². The van der Waals surface area contributed by atoms with Crippen LogP contribution in [-0.4, -0.2) is 75.1 Å². The van der Waals surface area contributed by atoms with Crippen molar-refractivity contribution in [1.82, 2.24) is 0 Å². The predicted octanol–water partition coefficient (Wildman–Crippen LogP) is -1.37. The van der Waals surface area contributed by atoms with Gasteiger partial charge in [-0.15, -0.1) is 0 Å². The lowest BCUT2D eigenvalue weighted by atomic mass is 9.51. The summed E-state index contributed by atoms with van der Waals surface area (Å²) in [4.78, 5) is 38.2. The third kappa shape index (κ3) is 1.35. The van der Waals surface area contributed by atoms with Crippen molar-refractivity contribution in [3.8, 4) is 0 Å². The second-order valence-corrected chi connectivity index (χ2v) is 10.7. The van der Waals surface area contributed by atoms with Crippen LogP contribution in [0.4, 0.5) is 0 Å². The Bertz CT molecular complexity index is 925. The molecular formula is C20H24O10. The predicted molar refractivity (Wildman–Crippen MR) is 92.0 cm³/mol. The number of rotatable bonds is 0. The van der Waals surface area contributed by atoms with Crippen molar-refractivity contribution < 1.29 is 48.7 Å². The monoisotopic (exact) mass is 424 g/mol. The highest BCUT2D eigenvalue weighted by molar-refractivity contribution is 5.93. The van der Waals surface area contributed by atoms with Crippen LogP contribution in [0, 0.1) is 28.1 Å². The number of hydrogen-bond donors (Lipinski definition) is 3. The van der Waals surface area contributed by atoms with Gasteiger partial charge >= 0.3 is 17.9 Å². The average Bonchev–Trinajstić information content (AvgIpc) is 3.32. The maximum atomic E-state index is 13.4. The van der Waals surface area contributed by atoms with E-state index in [4.69, 9.17) is 18.9 Å². The molecule has 0 amide bonds. The topological polar surface area (TPSA) is 149 Å². The van der Waals surface area contributed by atoms with E-state index in [9.17, 15) is 29.7 Å². The second-order valence-electron chi connectivity index (χ2n) is 10.7. The fourth-order valence-corrected chi connectivity index (χ4v) is 8.22. The van der Waals surface area contributed by atoms with E-state index in [0.29, 0.717) is 0 Å². The van der Waals surface area contributed by atoms with Gasteiger partial charge in [0.15, 0.2) is 11.7 Å². The summed E-state index contributed by atoms with van der Waals surface area (Å²) >= 11 is 0. The van der Waals surface area contributed by atoms with Crippen molar-refractivity contribution in [2.45, 2.75) is 76.0 Å². The van der Waals surface area contributed by atoms with Crippen LogP contribution in [0.3, 0.4) is 0 Å². The molecule has 0 aromatic carbocycles. The molecule has 4 aliphatic heterocycles. The molecule has 2 saturated carbocycles. The molecule has 4 heterocycles. The van der Waals surface area contributed by atoms with Crippen LogP contribution in [0.25, 0.3) is 0 Å². The van der Waals surface area contributed by atoms with Crippen molar-refractivity contribution in [1.29, 1.82) is 0 Å². The molecule has 6 aliphatic rings. The molecule has 164 valence electrons. The molecule has 0 aromatic rings. The fourth-order valence-electron chi connectivity index (χ4n) is 8.22. The number of carbonyl (C=O) groups is 3. The standard InChI is InChI=1S/C20H24O10/c1-6-12(23)27-7-5-17-11-8(21)9(16(2,3)4)18(17)10(22)13(24)29-15(18)30-20(17,14(25)28-11)19(6,7)26/h6-11,15,21-22,26H,5H2,1-4H3/t6-,7-,8+,9-,10-,11+,15+,17-,18-,19+,20+/m0/s1. The molecule has 30 heavy (non-hydrogen) atoms. The van der Waals surface area contributed by atoms with E-state index < -0.39 is 87.9 Å². The summed E-state index contributed by atoms with van der Waals surface area (Å²) in [7, 11) is 0. The van der Waals surface area contributed by atoms with E-state index in [-0.39, 0.29) is 6.42 Å². The third-order valence-electron chi connectivity index (χ3n) is 8.91. The molecule has 0 unspecified atom stereocenters. The molecule has 0 radical (unpaired) electrons. The van der Waals surface area contributed by atoms with E-state index in [2.05, 4.69) is 0 Å². The molecule has 4 saturated heterocycles. The summed E-state index contributed by atoms with van der Waals surface area (Å²) in [6, 6.07) is 0. The van der Waals surface area contributed by atoms with Crippen LogP contribution in [0.2, 0.25) is 0 Å². The Hall–Kier alpha value is -1.75. The number of fused-ring (bicyclic) bond motifs is 1.